The van der Waals surface area contributed by atoms with E-state index in [0.29, 0.717) is 39.4 Å². The van der Waals surface area contributed by atoms with Crippen molar-refractivity contribution in [3.8, 4) is 17.1 Å². The molecule has 7 nitrogen and oxygen atoms in total. The number of benzene rings is 4. The summed E-state index contributed by atoms with van der Waals surface area (Å²) < 4.78 is 1.66. The zero-order valence-corrected chi connectivity index (χ0v) is 28.0. The van der Waals surface area contributed by atoms with Gasteiger partial charge in [-0.1, -0.05) is 119 Å². The Morgan fingerprint density at radius 1 is 0.612 bits per heavy atom. The fourth-order valence-corrected chi connectivity index (χ4v) is 6.61. The molecule has 0 radical (unpaired) electrons. The van der Waals surface area contributed by atoms with Gasteiger partial charge in [0.15, 0.2) is 5.78 Å². The maximum Gasteiger partial charge on any atom is 0.280 e. The van der Waals surface area contributed by atoms with Crippen molar-refractivity contribution in [1.82, 2.24) is 9.88 Å². The van der Waals surface area contributed by atoms with Gasteiger partial charge in [-0.15, -0.1) is 0 Å². The Morgan fingerprint density at radius 3 is 1.61 bits per heavy atom. The summed E-state index contributed by atoms with van der Waals surface area (Å²) in [4.78, 5) is 42.0. The molecular weight excluding hydrogens is 610 g/mol. The molecule has 2 amide bonds. The van der Waals surface area contributed by atoms with Gasteiger partial charge in [0.1, 0.15) is 0 Å². The van der Waals surface area contributed by atoms with E-state index in [2.05, 4.69) is 10.3 Å². The van der Waals surface area contributed by atoms with E-state index in [1.807, 2.05) is 125 Å². The van der Waals surface area contributed by atoms with E-state index in [9.17, 15) is 19.5 Å². The summed E-state index contributed by atoms with van der Waals surface area (Å²) in [6.45, 7) is 8.05. The highest BCUT2D eigenvalue weighted by Crippen LogP contribution is 2.43. The molecule has 49 heavy (non-hydrogen) atoms. The van der Waals surface area contributed by atoms with Gasteiger partial charge in [0.05, 0.1) is 39.4 Å². The van der Waals surface area contributed by atoms with Crippen LogP contribution in [-0.2, 0) is 16.6 Å². The molecule has 2 aliphatic heterocycles. The van der Waals surface area contributed by atoms with Crippen LogP contribution in [0.5, 0.6) is 5.88 Å². The predicted molar refractivity (Wildman–Crippen MR) is 192 cm³/mol. The van der Waals surface area contributed by atoms with Crippen LogP contribution in [0.2, 0.25) is 0 Å². The number of carbonyl (C=O) groups excluding carboxylic acids is 3. The van der Waals surface area contributed by atoms with E-state index in [4.69, 9.17) is 0 Å². The highest BCUT2D eigenvalue weighted by molar-refractivity contribution is 6.32. The molecule has 0 saturated carbocycles. The summed E-state index contributed by atoms with van der Waals surface area (Å²) in [5.74, 6) is -0.413. The van der Waals surface area contributed by atoms with E-state index < -0.39 is 0 Å². The zero-order valence-electron chi connectivity index (χ0n) is 28.0. The normalized spacial score (nSPS) is 14.9. The number of allylic oxidation sites excluding steroid dienone is 1. The number of nitrogens with zero attached hydrogens (tertiary/aromatic N) is 2. The number of aliphatic imine (C=N–C) groups is 1. The monoisotopic (exact) mass is 645 g/mol. The Balaban J connectivity index is 0.000000154. The summed E-state index contributed by atoms with van der Waals surface area (Å²) in [5, 5.41) is 13.6. The second-order valence-electron chi connectivity index (χ2n) is 12.9. The molecule has 2 N–H and O–H groups in total. The van der Waals surface area contributed by atoms with Crippen molar-refractivity contribution in [2.45, 2.75) is 34.1 Å². The Morgan fingerprint density at radius 2 is 1.08 bits per heavy atom. The standard InChI is InChI=1S/C21H18N2O2.C21H17NO2/c1-12-4-8-14(9-5-12)18-16-17(20(24)22-18)19(23(3)21(16)25)15-10-6-13(2)7-11-15;1-12-3-7-14(8-4-12)16-11-17(23)19-18(16)21(24)22-20(19)15-9-5-13(2)6-10-15/h4-11,25H,1-3H3;3-10H,11H2,1-2H3,(H,22,24). The first-order valence-electron chi connectivity index (χ1n) is 16.2. The van der Waals surface area contributed by atoms with E-state index in [1.165, 1.54) is 0 Å². The molecule has 0 saturated heterocycles. The van der Waals surface area contributed by atoms with E-state index in [0.717, 1.165) is 50.1 Å². The van der Waals surface area contributed by atoms with Crippen LogP contribution in [0.15, 0.2) is 113 Å². The number of aryl methyl sites for hydroxylation is 4. The number of fused-ring (bicyclic) bond motifs is 2. The third kappa shape index (κ3) is 5.53. The molecule has 0 atom stereocenters. The lowest BCUT2D eigenvalue weighted by molar-refractivity contribution is -0.116. The van der Waals surface area contributed by atoms with Gasteiger partial charge >= 0.3 is 0 Å². The largest absolute Gasteiger partial charge is 0.494 e. The molecule has 8 rings (SSSR count). The molecule has 1 aliphatic carbocycles. The Labute approximate surface area is 285 Å². The summed E-state index contributed by atoms with van der Waals surface area (Å²) in [7, 11) is 1.77. The number of aromatic hydroxyl groups is 1. The van der Waals surface area contributed by atoms with Crippen molar-refractivity contribution >= 4 is 34.6 Å². The summed E-state index contributed by atoms with van der Waals surface area (Å²) in [6, 6.07) is 31.5. The van der Waals surface area contributed by atoms with E-state index in [-0.39, 0.29) is 29.9 Å². The van der Waals surface area contributed by atoms with Gasteiger partial charge in [-0.3, -0.25) is 14.4 Å². The van der Waals surface area contributed by atoms with Gasteiger partial charge in [-0.25, -0.2) is 4.99 Å². The molecule has 0 unspecified atom stereocenters. The maximum atomic E-state index is 12.6. The van der Waals surface area contributed by atoms with Crippen molar-refractivity contribution in [3.63, 3.8) is 0 Å². The minimum absolute atomic E-state index is 0.00880. The second kappa shape index (κ2) is 12.2. The smallest absolute Gasteiger partial charge is 0.280 e. The number of hydrogen-bond acceptors (Lipinski definition) is 4. The average molecular weight is 646 g/mol. The number of nitrogens with one attached hydrogen (secondary N) is 1. The van der Waals surface area contributed by atoms with Crippen LogP contribution < -0.4 is 5.32 Å². The van der Waals surface area contributed by atoms with Crippen LogP contribution in [0.1, 0.15) is 61.3 Å². The lowest BCUT2D eigenvalue weighted by Crippen LogP contribution is -2.16. The number of ketones is 1. The van der Waals surface area contributed by atoms with Gasteiger partial charge in [0.25, 0.3) is 11.8 Å². The van der Waals surface area contributed by atoms with Gasteiger partial charge in [-0.2, -0.15) is 0 Å². The average Bonchev–Trinajstić information content (AvgIpc) is 3.80. The zero-order chi connectivity index (χ0) is 34.6. The Kier molecular flexibility index (Phi) is 7.83. The van der Waals surface area contributed by atoms with Crippen molar-refractivity contribution in [3.05, 3.63) is 158 Å². The van der Waals surface area contributed by atoms with E-state index in [1.54, 1.807) is 11.6 Å². The third-order valence-corrected chi connectivity index (χ3v) is 9.30. The third-order valence-electron chi connectivity index (χ3n) is 9.30. The highest BCUT2D eigenvalue weighted by atomic mass is 16.3. The van der Waals surface area contributed by atoms with Gasteiger partial charge in [-0.05, 0) is 50.0 Å². The molecule has 3 aliphatic rings. The molecule has 0 bridgehead atoms. The summed E-state index contributed by atoms with van der Waals surface area (Å²) >= 11 is 0. The fourth-order valence-electron chi connectivity index (χ4n) is 6.61. The molecule has 242 valence electrons. The molecule has 0 spiro atoms. The first-order chi connectivity index (χ1) is 23.5. The number of carbonyl (C=O) groups is 3. The first kappa shape index (κ1) is 31.5. The molecule has 4 aromatic carbocycles. The van der Waals surface area contributed by atoms with Crippen LogP contribution >= 0.6 is 0 Å². The van der Waals surface area contributed by atoms with Crippen LogP contribution in [0.3, 0.4) is 0 Å². The van der Waals surface area contributed by atoms with Gasteiger partial charge in [0.2, 0.25) is 5.88 Å². The van der Waals surface area contributed by atoms with Crippen LogP contribution in [0.4, 0.5) is 0 Å². The number of amides is 2. The maximum absolute atomic E-state index is 12.6. The number of Topliss-reactive ketones (excluding diaryl/α,β-unsaturated/α-hetero) is 1. The minimum Gasteiger partial charge on any atom is -0.494 e. The topological polar surface area (TPSA) is 101 Å². The van der Waals surface area contributed by atoms with Crippen molar-refractivity contribution in [1.29, 1.82) is 0 Å². The molecule has 7 heteroatoms. The van der Waals surface area contributed by atoms with Gasteiger partial charge < -0.3 is 15.0 Å². The van der Waals surface area contributed by atoms with Crippen LogP contribution in [0.25, 0.3) is 22.5 Å². The Hall–Kier alpha value is -6.08. The van der Waals surface area contributed by atoms with Crippen molar-refractivity contribution in [2.24, 2.45) is 12.0 Å². The number of hydrogen-bond donors (Lipinski definition) is 2. The molecule has 5 aromatic rings. The van der Waals surface area contributed by atoms with Crippen LogP contribution in [-0.4, -0.2) is 33.0 Å². The fraction of sp³-hybridized carbons (Fsp3) is 0.143. The number of aromatic nitrogens is 1. The molecule has 0 fully saturated rings. The van der Waals surface area contributed by atoms with Crippen molar-refractivity contribution in [2.75, 3.05) is 0 Å². The van der Waals surface area contributed by atoms with E-state index >= 15 is 0 Å². The summed E-state index contributed by atoms with van der Waals surface area (Å²) in [5.41, 5.74) is 12.9. The summed E-state index contributed by atoms with van der Waals surface area (Å²) in [6.07, 6.45) is 0.288. The lowest BCUT2D eigenvalue weighted by Gasteiger charge is -2.07. The molecule has 3 heterocycles. The highest BCUT2D eigenvalue weighted by Gasteiger charge is 2.40. The first-order valence-corrected chi connectivity index (χ1v) is 16.2. The number of rotatable bonds is 4. The predicted octanol–water partition coefficient (Wildman–Crippen LogP) is 7.58. The molecule has 1 aromatic heterocycles. The quantitative estimate of drug-likeness (QED) is 0.211. The Bertz CT molecular complexity index is 2200. The van der Waals surface area contributed by atoms with Crippen molar-refractivity contribution < 1.29 is 19.5 Å². The SMILES string of the molecule is Cc1ccc(C2=C3C(=O)NC(c4ccc(C)cc4)=C3C(=O)C2)cc1.Cc1ccc(C2=NC(=O)c3c2c(O)n(C)c3-c2ccc(C)cc2)cc1. The minimum atomic E-state index is -0.308. The van der Waals surface area contributed by atoms with Crippen LogP contribution in [0, 0.1) is 27.7 Å². The van der Waals surface area contributed by atoms with Gasteiger partial charge in [0, 0.05) is 19.0 Å². The second-order valence-corrected chi connectivity index (χ2v) is 12.9. The lowest BCUT2D eigenvalue weighted by atomic mass is 9.99. The molecular formula is C42H35N3O4.